The number of esters is 1. The lowest BCUT2D eigenvalue weighted by Gasteiger charge is -2.16. The van der Waals surface area contributed by atoms with Gasteiger partial charge in [0.15, 0.2) is 0 Å². The van der Waals surface area contributed by atoms with Crippen LogP contribution in [0.2, 0.25) is 0 Å². The molecule has 0 fully saturated rings. The summed E-state index contributed by atoms with van der Waals surface area (Å²) in [7, 11) is 1.43. The molecule has 0 bridgehead atoms. The van der Waals surface area contributed by atoms with Crippen molar-refractivity contribution in [3.05, 3.63) is 34.4 Å². The standard InChI is InChI=1S/C13H18O2/c1-8-6-9(2)12(10(3)7-8)11(4)13(14)15-5/h6-7,11H,1-5H3. The summed E-state index contributed by atoms with van der Waals surface area (Å²) in [6.07, 6.45) is 0. The van der Waals surface area contributed by atoms with Gasteiger partial charge in [0, 0.05) is 0 Å². The Labute approximate surface area is 91.3 Å². The van der Waals surface area contributed by atoms with E-state index in [2.05, 4.69) is 19.1 Å². The quantitative estimate of drug-likeness (QED) is 0.695. The molecule has 0 aliphatic heterocycles. The van der Waals surface area contributed by atoms with Crippen LogP contribution in [0.1, 0.15) is 35.1 Å². The molecule has 0 saturated carbocycles. The fourth-order valence-electron chi connectivity index (χ4n) is 2.17. The number of rotatable bonds is 2. The Morgan fingerprint density at radius 2 is 1.67 bits per heavy atom. The number of ether oxygens (including phenoxy) is 1. The van der Waals surface area contributed by atoms with Gasteiger partial charge in [0.1, 0.15) is 0 Å². The molecule has 1 aromatic carbocycles. The SMILES string of the molecule is COC(=O)C(C)c1c(C)cc(C)cc1C. The first-order valence-electron chi connectivity index (χ1n) is 5.13. The molecule has 0 heterocycles. The highest BCUT2D eigenvalue weighted by atomic mass is 16.5. The molecule has 2 nitrogen and oxygen atoms in total. The molecule has 2 heteroatoms. The zero-order valence-corrected chi connectivity index (χ0v) is 10.0. The summed E-state index contributed by atoms with van der Waals surface area (Å²) in [5.74, 6) is -0.361. The van der Waals surface area contributed by atoms with Crippen molar-refractivity contribution in [1.82, 2.24) is 0 Å². The maximum Gasteiger partial charge on any atom is 0.312 e. The van der Waals surface area contributed by atoms with Crippen LogP contribution < -0.4 is 0 Å². The Kier molecular flexibility index (Phi) is 3.51. The average molecular weight is 206 g/mol. The Morgan fingerprint density at radius 3 is 2.07 bits per heavy atom. The Morgan fingerprint density at radius 1 is 1.20 bits per heavy atom. The van der Waals surface area contributed by atoms with Crippen molar-refractivity contribution in [2.45, 2.75) is 33.6 Å². The van der Waals surface area contributed by atoms with E-state index in [0.29, 0.717) is 0 Å². The van der Waals surface area contributed by atoms with Crippen molar-refractivity contribution in [2.24, 2.45) is 0 Å². The van der Waals surface area contributed by atoms with Crippen LogP contribution in [0.15, 0.2) is 12.1 Å². The molecular formula is C13H18O2. The first-order chi connectivity index (χ1) is 6.97. The van der Waals surface area contributed by atoms with Crippen molar-refractivity contribution < 1.29 is 9.53 Å². The second-order valence-corrected chi connectivity index (χ2v) is 4.06. The molecular weight excluding hydrogens is 188 g/mol. The van der Waals surface area contributed by atoms with Crippen LogP contribution in [0.25, 0.3) is 0 Å². The molecule has 1 aromatic rings. The van der Waals surface area contributed by atoms with Crippen molar-refractivity contribution in [3.63, 3.8) is 0 Å². The van der Waals surface area contributed by atoms with Gasteiger partial charge in [-0.15, -0.1) is 0 Å². The molecule has 0 amide bonds. The maximum absolute atomic E-state index is 11.5. The van der Waals surface area contributed by atoms with Gasteiger partial charge in [-0.05, 0) is 44.4 Å². The van der Waals surface area contributed by atoms with Crippen molar-refractivity contribution in [2.75, 3.05) is 7.11 Å². The number of carbonyl (C=O) groups is 1. The second-order valence-electron chi connectivity index (χ2n) is 4.06. The molecule has 0 aliphatic rings. The summed E-state index contributed by atoms with van der Waals surface area (Å²) < 4.78 is 4.77. The molecule has 82 valence electrons. The lowest BCUT2D eigenvalue weighted by Crippen LogP contribution is -2.13. The molecule has 0 saturated heterocycles. The predicted molar refractivity (Wildman–Crippen MR) is 61.1 cm³/mol. The van der Waals surface area contributed by atoms with E-state index < -0.39 is 0 Å². The van der Waals surface area contributed by atoms with Crippen LogP contribution in [0.3, 0.4) is 0 Å². The topological polar surface area (TPSA) is 26.3 Å². The fraction of sp³-hybridized carbons (Fsp3) is 0.462. The second kappa shape index (κ2) is 4.47. The monoisotopic (exact) mass is 206 g/mol. The first-order valence-corrected chi connectivity index (χ1v) is 5.13. The number of hydrogen-bond acceptors (Lipinski definition) is 2. The van der Waals surface area contributed by atoms with E-state index >= 15 is 0 Å². The number of hydrogen-bond donors (Lipinski definition) is 0. The van der Waals surface area contributed by atoms with Crippen LogP contribution in [0.4, 0.5) is 0 Å². The Balaban J connectivity index is 3.19. The zero-order chi connectivity index (χ0) is 11.6. The smallest absolute Gasteiger partial charge is 0.312 e. The molecule has 1 rings (SSSR count). The fourth-order valence-corrected chi connectivity index (χ4v) is 2.17. The van der Waals surface area contributed by atoms with Crippen molar-refractivity contribution in [1.29, 1.82) is 0 Å². The van der Waals surface area contributed by atoms with Gasteiger partial charge in [0.2, 0.25) is 0 Å². The van der Waals surface area contributed by atoms with Gasteiger partial charge in [-0.1, -0.05) is 17.7 Å². The van der Waals surface area contributed by atoms with E-state index in [9.17, 15) is 4.79 Å². The first kappa shape index (κ1) is 11.8. The van der Waals surface area contributed by atoms with E-state index in [1.807, 2.05) is 20.8 Å². The lowest BCUT2D eigenvalue weighted by molar-refractivity contribution is -0.142. The van der Waals surface area contributed by atoms with E-state index in [1.165, 1.54) is 12.7 Å². The third kappa shape index (κ3) is 2.38. The molecule has 15 heavy (non-hydrogen) atoms. The molecule has 0 spiro atoms. The summed E-state index contributed by atoms with van der Waals surface area (Å²) in [6, 6.07) is 4.20. The summed E-state index contributed by atoms with van der Waals surface area (Å²) in [5, 5.41) is 0. The zero-order valence-electron chi connectivity index (χ0n) is 10.0. The van der Waals surface area contributed by atoms with Crippen molar-refractivity contribution in [3.8, 4) is 0 Å². The highest BCUT2D eigenvalue weighted by Crippen LogP contribution is 2.25. The Hall–Kier alpha value is -1.31. The number of carbonyl (C=O) groups excluding carboxylic acids is 1. The number of methoxy groups -OCH3 is 1. The molecule has 0 N–H and O–H groups in total. The normalized spacial score (nSPS) is 12.3. The predicted octanol–water partition coefficient (Wildman–Crippen LogP) is 2.89. The van der Waals surface area contributed by atoms with E-state index in [1.54, 1.807) is 0 Å². The Bertz CT molecular complexity index is 357. The van der Waals surface area contributed by atoms with Crippen LogP contribution in [-0.2, 0) is 9.53 Å². The third-order valence-electron chi connectivity index (χ3n) is 2.73. The van der Waals surface area contributed by atoms with Gasteiger partial charge < -0.3 is 4.74 Å². The highest BCUT2D eigenvalue weighted by molar-refractivity contribution is 5.78. The highest BCUT2D eigenvalue weighted by Gasteiger charge is 2.19. The minimum absolute atomic E-state index is 0.176. The molecule has 0 radical (unpaired) electrons. The molecule has 0 aromatic heterocycles. The van der Waals surface area contributed by atoms with Gasteiger partial charge >= 0.3 is 5.97 Å². The third-order valence-corrected chi connectivity index (χ3v) is 2.73. The minimum Gasteiger partial charge on any atom is -0.469 e. The van der Waals surface area contributed by atoms with Gasteiger partial charge in [-0.2, -0.15) is 0 Å². The largest absolute Gasteiger partial charge is 0.469 e. The summed E-state index contributed by atoms with van der Waals surface area (Å²) in [6.45, 7) is 8.02. The van der Waals surface area contributed by atoms with Crippen LogP contribution in [0, 0.1) is 20.8 Å². The van der Waals surface area contributed by atoms with E-state index in [-0.39, 0.29) is 11.9 Å². The van der Waals surface area contributed by atoms with E-state index in [0.717, 1.165) is 16.7 Å². The summed E-state index contributed by atoms with van der Waals surface area (Å²) >= 11 is 0. The van der Waals surface area contributed by atoms with Crippen LogP contribution >= 0.6 is 0 Å². The van der Waals surface area contributed by atoms with Crippen LogP contribution in [0.5, 0.6) is 0 Å². The summed E-state index contributed by atoms with van der Waals surface area (Å²) in [4.78, 5) is 11.5. The van der Waals surface area contributed by atoms with Crippen molar-refractivity contribution >= 4 is 5.97 Å². The average Bonchev–Trinajstić information content (AvgIpc) is 2.14. The number of aryl methyl sites for hydroxylation is 3. The molecule has 0 aliphatic carbocycles. The van der Waals surface area contributed by atoms with Gasteiger partial charge in [0.05, 0.1) is 13.0 Å². The van der Waals surface area contributed by atoms with Crippen LogP contribution in [-0.4, -0.2) is 13.1 Å². The van der Waals surface area contributed by atoms with Gasteiger partial charge in [-0.3, -0.25) is 4.79 Å². The minimum atomic E-state index is -0.185. The molecule has 1 atom stereocenters. The van der Waals surface area contributed by atoms with Gasteiger partial charge in [-0.25, -0.2) is 0 Å². The van der Waals surface area contributed by atoms with E-state index in [4.69, 9.17) is 4.74 Å². The summed E-state index contributed by atoms with van der Waals surface area (Å²) in [5.41, 5.74) is 4.63. The maximum atomic E-state index is 11.5. The molecule has 1 unspecified atom stereocenters. The van der Waals surface area contributed by atoms with Gasteiger partial charge in [0.25, 0.3) is 0 Å². The number of benzene rings is 1. The lowest BCUT2D eigenvalue weighted by atomic mass is 9.90.